The molecule has 0 radical (unpaired) electrons. The van der Waals surface area contributed by atoms with Crippen molar-refractivity contribution < 1.29 is 0 Å². The van der Waals surface area contributed by atoms with Gasteiger partial charge < -0.3 is 10.3 Å². The van der Waals surface area contributed by atoms with E-state index in [9.17, 15) is 0 Å². The van der Waals surface area contributed by atoms with Gasteiger partial charge in [0.2, 0.25) is 0 Å². The Hall–Kier alpha value is -1.61. The summed E-state index contributed by atoms with van der Waals surface area (Å²) in [4.78, 5) is 4.27. The van der Waals surface area contributed by atoms with Crippen molar-refractivity contribution in [3.05, 3.63) is 53.6 Å². The zero-order valence-electron chi connectivity index (χ0n) is 9.01. The Labute approximate surface area is 89.6 Å². The molecule has 0 unspecified atom stereocenters. The smallest absolute Gasteiger partial charge is 0.129 e. The second-order valence-electron chi connectivity index (χ2n) is 3.73. The van der Waals surface area contributed by atoms with Crippen LogP contribution in [0.15, 0.2) is 36.7 Å². The molecule has 1 atom stereocenters. The summed E-state index contributed by atoms with van der Waals surface area (Å²) in [5.74, 6) is 0.893. The van der Waals surface area contributed by atoms with Crippen molar-refractivity contribution in [1.29, 1.82) is 0 Å². The Kier molecular flexibility index (Phi) is 2.56. The van der Waals surface area contributed by atoms with E-state index in [1.54, 1.807) is 6.20 Å². The van der Waals surface area contributed by atoms with Crippen LogP contribution in [0.2, 0.25) is 0 Å². The number of aromatic nitrogens is 2. The zero-order valence-corrected chi connectivity index (χ0v) is 9.01. The van der Waals surface area contributed by atoms with Crippen molar-refractivity contribution in [2.45, 2.75) is 13.0 Å². The van der Waals surface area contributed by atoms with Gasteiger partial charge in [0.05, 0.1) is 6.04 Å². The van der Waals surface area contributed by atoms with Crippen LogP contribution in [-0.4, -0.2) is 9.55 Å². The van der Waals surface area contributed by atoms with Crippen LogP contribution in [-0.2, 0) is 7.05 Å². The molecular weight excluding hydrogens is 186 g/mol. The van der Waals surface area contributed by atoms with Crippen LogP contribution in [0.3, 0.4) is 0 Å². The summed E-state index contributed by atoms with van der Waals surface area (Å²) in [5.41, 5.74) is 8.51. The lowest BCUT2D eigenvalue weighted by molar-refractivity contribution is 0.713. The topological polar surface area (TPSA) is 43.8 Å². The Morgan fingerprint density at radius 1 is 1.33 bits per heavy atom. The molecule has 2 aromatic rings. The van der Waals surface area contributed by atoms with E-state index in [2.05, 4.69) is 24.0 Å². The Bertz CT molecular complexity index is 459. The predicted octanol–water partition coefficient (Wildman–Crippen LogP) is 1.78. The quantitative estimate of drug-likeness (QED) is 0.804. The monoisotopic (exact) mass is 201 g/mol. The first kappa shape index (κ1) is 9.93. The minimum Gasteiger partial charge on any atom is -0.336 e. The van der Waals surface area contributed by atoms with Crippen molar-refractivity contribution in [1.82, 2.24) is 9.55 Å². The zero-order chi connectivity index (χ0) is 10.8. The molecule has 2 N–H and O–H groups in total. The van der Waals surface area contributed by atoms with Gasteiger partial charge in [0.15, 0.2) is 0 Å². The van der Waals surface area contributed by atoms with Crippen LogP contribution in [0.5, 0.6) is 0 Å². The highest BCUT2D eigenvalue weighted by Crippen LogP contribution is 2.20. The summed E-state index contributed by atoms with van der Waals surface area (Å²) in [7, 11) is 1.96. The summed E-state index contributed by atoms with van der Waals surface area (Å²) < 4.78 is 1.96. The van der Waals surface area contributed by atoms with Crippen LogP contribution in [0, 0.1) is 6.92 Å². The van der Waals surface area contributed by atoms with Gasteiger partial charge in [-0.3, -0.25) is 0 Å². The normalized spacial score (nSPS) is 12.7. The fourth-order valence-electron chi connectivity index (χ4n) is 1.75. The lowest BCUT2D eigenvalue weighted by Gasteiger charge is -2.14. The largest absolute Gasteiger partial charge is 0.336 e. The molecule has 3 nitrogen and oxygen atoms in total. The molecule has 0 aliphatic carbocycles. The molecule has 78 valence electrons. The highest BCUT2D eigenvalue weighted by molar-refractivity contribution is 5.32. The molecule has 3 heteroatoms. The van der Waals surface area contributed by atoms with Gasteiger partial charge in [-0.25, -0.2) is 4.98 Å². The van der Waals surface area contributed by atoms with E-state index in [4.69, 9.17) is 5.73 Å². The Morgan fingerprint density at radius 3 is 2.67 bits per heavy atom. The van der Waals surface area contributed by atoms with Crippen molar-refractivity contribution in [2.24, 2.45) is 12.8 Å². The number of rotatable bonds is 2. The first-order chi connectivity index (χ1) is 7.20. The highest BCUT2D eigenvalue weighted by atomic mass is 15.1. The van der Waals surface area contributed by atoms with Crippen LogP contribution in [0.25, 0.3) is 0 Å². The summed E-state index contributed by atoms with van der Waals surface area (Å²) in [5, 5.41) is 0. The second-order valence-corrected chi connectivity index (χ2v) is 3.73. The van der Waals surface area contributed by atoms with E-state index >= 15 is 0 Å². The van der Waals surface area contributed by atoms with Gasteiger partial charge in [0, 0.05) is 19.4 Å². The van der Waals surface area contributed by atoms with E-state index in [0.29, 0.717) is 0 Å². The third-order valence-corrected chi connectivity index (χ3v) is 2.66. The molecule has 15 heavy (non-hydrogen) atoms. The third kappa shape index (κ3) is 1.78. The van der Waals surface area contributed by atoms with Crippen LogP contribution in [0.1, 0.15) is 23.0 Å². The number of nitrogens with two attached hydrogens (primary N) is 1. The van der Waals surface area contributed by atoms with Gasteiger partial charge >= 0.3 is 0 Å². The second kappa shape index (κ2) is 3.87. The maximum absolute atomic E-state index is 6.18. The van der Waals surface area contributed by atoms with E-state index in [-0.39, 0.29) is 6.04 Å². The predicted molar refractivity (Wildman–Crippen MR) is 60.4 cm³/mol. The van der Waals surface area contributed by atoms with Gasteiger partial charge in [-0.05, 0) is 18.1 Å². The summed E-state index contributed by atoms with van der Waals surface area (Å²) in [6.07, 6.45) is 3.68. The van der Waals surface area contributed by atoms with E-state index in [1.807, 2.05) is 29.9 Å². The number of hydrogen-bond donors (Lipinski definition) is 1. The molecule has 1 aromatic carbocycles. The lowest BCUT2D eigenvalue weighted by atomic mass is 10.0. The fraction of sp³-hybridized carbons (Fsp3) is 0.250. The molecule has 0 bridgehead atoms. The van der Waals surface area contributed by atoms with Crippen LogP contribution < -0.4 is 5.73 Å². The molecule has 0 saturated heterocycles. The van der Waals surface area contributed by atoms with Crippen LogP contribution in [0.4, 0.5) is 0 Å². The summed E-state index contributed by atoms with van der Waals surface area (Å²) >= 11 is 0. The number of hydrogen-bond acceptors (Lipinski definition) is 2. The van der Waals surface area contributed by atoms with Gasteiger partial charge in [0.25, 0.3) is 0 Å². The SMILES string of the molecule is Cc1ccccc1[C@H](N)c1nccn1C. The van der Waals surface area contributed by atoms with Crippen molar-refractivity contribution in [3.8, 4) is 0 Å². The Balaban J connectivity index is 2.41. The molecule has 0 aliphatic rings. The average molecular weight is 201 g/mol. The molecular formula is C12H15N3. The fourth-order valence-corrected chi connectivity index (χ4v) is 1.75. The maximum atomic E-state index is 6.18. The minimum absolute atomic E-state index is 0.147. The molecule has 1 heterocycles. The Morgan fingerprint density at radius 2 is 2.07 bits per heavy atom. The van der Waals surface area contributed by atoms with Gasteiger partial charge in [-0.15, -0.1) is 0 Å². The molecule has 0 amide bonds. The summed E-state index contributed by atoms with van der Waals surface area (Å²) in [6, 6.07) is 7.99. The number of nitrogens with zero attached hydrogens (tertiary/aromatic N) is 2. The molecule has 0 fully saturated rings. The molecule has 0 aliphatic heterocycles. The number of imidazole rings is 1. The number of aryl methyl sites for hydroxylation is 2. The van der Waals surface area contributed by atoms with Gasteiger partial charge in [-0.2, -0.15) is 0 Å². The lowest BCUT2D eigenvalue weighted by Crippen LogP contribution is -2.17. The van der Waals surface area contributed by atoms with Crippen LogP contribution >= 0.6 is 0 Å². The van der Waals surface area contributed by atoms with Gasteiger partial charge in [-0.1, -0.05) is 24.3 Å². The van der Waals surface area contributed by atoms with E-state index < -0.39 is 0 Å². The molecule has 1 aromatic heterocycles. The summed E-state index contributed by atoms with van der Waals surface area (Å²) in [6.45, 7) is 2.07. The number of benzene rings is 1. The van der Waals surface area contributed by atoms with Crippen molar-refractivity contribution in [3.63, 3.8) is 0 Å². The standard InChI is InChI=1S/C12H15N3/c1-9-5-3-4-6-10(9)11(13)12-14-7-8-15(12)2/h3-8,11H,13H2,1-2H3/t11-/m0/s1. The maximum Gasteiger partial charge on any atom is 0.129 e. The van der Waals surface area contributed by atoms with E-state index in [0.717, 1.165) is 11.4 Å². The van der Waals surface area contributed by atoms with Crippen molar-refractivity contribution in [2.75, 3.05) is 0 Å². The molecule has 2 rings (SSSR count). The van der Waals surface area contributed by atoms with Gasteiger partial charge in [0.1, 0.15) is 5.82 Å². The first-order valence-corrected chi connectivity index (χ1v) is 4.98. The van der Waals surface area contributed by atoms with E-state index in [1.165, 1.54) is 5.56 Å². The highest BCUT2D eigenvalue weighted by Gasteiger charge is 2.14. The minimum atomic E-state index is -0.147. The third-order valence-electron chi connectivity index (χ3n) is 2.66. The average Bonchev–Trinajstić information content (AvgIpc) is 2.64. The molecule has 0 spiro atoms. The first-order valence-electron chi connectivity index (χ1n) is 4.98. The van der Waals surface area contributed by atoms with Crippen molar-refractivity contribution >= 4 is 0 Å². The molecule has 0 saturated carbocycles.